The molecule has 7 heteroatoms. The van der Waals surface area contributed by atoms with Crippen LogP contribution in [0.2, 0.25) is 0 Å². The van der Waals surface area contributed by atoms with Crippen LogP contribution in [0.4, 0.5) is 0 Å². The van der Waals surface area contributed by atoms with Gasteiger partial charge in [-0.3, -0.25) is 16.0 Å². The fraction of sp³-hybridized carbons (Fsp3) is 0.909. The fourth-order valence-electron chi connectivity index (χ4n) is 5.79. The number of hydrogen-bond donors (Lipinski definition) is 5. The van der Waals surface area contributed by atoms with Gasteiger partial charge < -0.3 is 15.4 Å². The molecular weight excluding hydrogens is 386 g/mol. The molecule has 0 aromatic carbocycles. The maximum Gasteiger partial charge on any atom is 0.113 e. The summed E-state index contributed by atoms with van der Waals surface area (Å²) in [6.45, 7) is 6.35. The van der Waals surface area contributed by atoms with E-state index in [4.69, 9.17) is 16.3 Å². The topological polar surface area (TPSA) is 69.4 Å². The van der Waals surface area contributed by atoms with Crippen LogP contribution in [0.3, 0.4) is 0 Å². The maximum absolute atomic E-state index is 7.24. The molecule has 1 saturated carbocycles. The summed E-state index contributed by atoms with van der Waals surface area (Å²) in [6, 6.07) is 1.29. The van der Waals surface area contributed by atoms with Gasteiger partial charge in [-0.25, -0.2) is 0 Å². The second-order valence-electron chi connectivity index (χ2n) is 9.59. The molecule has 4 rings (SSSR count). The lowest BCUT2D eigenvalue weighted by Gasteiger charge is -2.49. The second kappa shape index (κ2) is 9.94. The molecule has 3 heterocycles. The van der Waals surface area contributed by atoms with Gasteiger partial charge in [-0.15, -0.1) is 11.6 Å². The summed E-state index contributed by atoms with van der Waals surface area (Å²) >= 11 is 7.24. The monoisotopic (exact) mass is 425 g/mol. The zero-order valence-electron chi connectivity index (χ0n) is 18.2. The number of hydrogen-bond acceptors (Lipinski definition) is 6. The number of fused-ring (bicyclic) bond motifs is 1. The Bertz CT molecular complexity index is 575. The molecule has 5 N–H and O–H groups in total. The fourth-order valence-corrected chi connectivity index (χ4v) is 6.27. The highest BCUT2D eigenvalue weighted by molar-refractivity contribution is 6.21. The molecule has 0 radical (unpaired) electrons. The van der Waals surface area contributed by atoms with Gasteiger partial charge in [0.25, 0.3) is 0 Å². The van der Waals surface area contributed by atoms with Gasteiger partial charge in [0.1, 0.15) is 6.29 Å². The summed E-state index contributed by atoms with van der Waals surface area (Å²) in [5, 5.41) is 18.1. The lowest BCUT2D eigenvalue weighted by atomic mass is 9.69. The molecule has 1 aliphatic carbocycles. The minimum atomic E-state index is 0.0443. The summed E-state index contributed by atoms with van der Waals surface area (Å²) in [5.41, 5.74) is 1.51. The van der Waals surface area contributed by atoms with Crippen LogP contribution in [0.5, 0.6) is 0 Å². The first-order valence-corrected chi connectivity index (χ1v) is 12.1. The summed E-state index contributed by atoms with van der Waals surface area (Å²) in [6.07, 6.45) is 9.97. The van der Waals surface area contributed by atoms with Crippen molar-refractivity contribution in [3.63, 3.8) is 0 Å². The molecule has 0 amide bonds. The summed E-state index contributed by atoms with van der Waals surface area (Å²) in [5.74, 6) is 0.901. The van der Waals surface area contributed by atoms with E-state index in [-0.39, 0.29) is 23.8 Å². The molecular formula is C22H40ClN5O. The van der Waals surface area contributed by atoms with Crippen LogP contribution in [-0.4, -0.2) is 62.3 Å². The maximum atomic E-state index is 7.24. The molecule has 8 unspecified atom stereocenters. The number of alkyl halides is 1. The zero-order chi connectivity index (χ0) is 20.4. The average Bonchev–Trinajstić information content (AvgIpc) is 2.92. The quantitative estimate of drug-likeness (QED) is 0.350. The molecule has 29 heavy (non-hydrogen) atoms. The van der Waals surface area contributed by atoms with Crippen molar-refractivity contribution in [1.82, 2.24) is 26.6 Å². The Labute approximate surface area is 181 Å². The van der Waals surface area contributed by atoms with Gasteiger partial charge in [0.05, 0.1) is 17.6 Å². The van der Waals surface area contributed by atoms with E-state index >= 15 is 0 Å². The highest BCUT2D eigenvalue weighted by Crippen LogP contribution is 2.44. The number of nitrogens with one attached hydrogen (secondary N) is 5. The van der Waals surface area contributed by atoms with Crippen molar-refractivity contribution in [2.45, 2.75) is 94.4 Å². The normalized spacial score (nSPS) is 46.5. The first kappa shape index (κ1) is 22.0. The highest BCUT2D eigenvalue weighted by atomic mass is 35.5. The molecule has 2 saturated heterocycles. The van der Waals surface area contributed by atoms with Crippen LogP contribution in [0.1, 0.15) is 52.4 Å². The van der Waals surface area contributed by atoms with Crippen molar-refractivity contribution in [3.05, 3.63) is 11.6 Å². The summed E-state index contributed by atoms with van der Waals surface area (Å²) < 4.78 is 6.36. The van der Waals surface area contributed by atoms with E-state index in [2.05, 4.69) is 46.5 Å². The molecule has 3 fully saturated rings. The first-order valence-electron chi connectivity index (χ1n) is 11.7. The van der Waals surface area contributed by atoms with Crippen LogP contribution in [0.15, 0.2) is 11.6 Å². The third kappa shape index (κ3) is 5.17. The highest BCUT2D eigenvalue weighted by Gasteiger charge is 2.47. The third-order valence-corrected chi connectivity index (χ3v) is 7.97. The largest absolute Gasteiger partial charge is 0.377 e. The van der Waals surface area contributed by atoms with Gasteiger partial charge in [0.2, 0.25) is 0 Å². The molecule has 0 bridgehead atoms. The molecule has 0 aromatic rings. The molecule has 0 spiro atoms. The van der Waals surface area contributed by atoms with Crippen LogP contribution in [0, 0.1) is 11.8 Å². The Morgan fingerprint density at radius 2 is 2.00 bits per heavy atom. The van der Waals surface area contributed by atoms with Gasteiger partial charge in [-0.05, 0) is 65.3 Å². The summed E-state index contributed by atoms with van der Waals surface area (Å²) in [4.78, 5) is 0. The van der Waals surface area contributed by atoms with Gasteiger partial charge in [-0.2, -0.15) is 0 Å². The van der Waals surface area contributed by atoms with Gasteiger partial charge in [0.15, 0.2) is 0 Å². The van der Waals surface area contributed by atoms with E-state index in [1.165, 1.54) is 24.8 Å². The van der Waals surface area contributed by atoms with Crippen molar-refractivity contribution in [3.8, 4) is 0 Å². The molecule has 4 aliphatic rings. The minimum absolute atomic E-state index is 0.0443. The van der Waals surface area contributed by atoms with E-state index in [0.29, 0.717) is 30.1 Å². The lowest BCUT2D eigenvalue weighted by molar-refractivity contribution is -0.0781. The Hall–Kier alpha value is -0.210. The predicted octanol–water partition coefficient (Wildman–Crippen LogP) is 1.87. The van der Waals surface area contributed by atoms with Gasteiger partial charge in [0, 0.05) is 37.2 Å². The van der Waals surface area contributed by atoms with Crippen LogP contribution in [-0.2, 0) is 4.74 Å². The number of ether oxygens (including phenoxy) is 1. The molecule has 0 aromatic heterocycles. The van der Waals surface area contributed by atoms with E-state index < -0.39 is 0 Å². The van der Waals surface area contributed by atoms with Crippen molar-refractivity contribution < 1.29 is 4.74 Å². The Morgan fingerprint density at radius 1 is 1.14 bits per heavy atom. The van der Waals surface area contributed by atoms with Crippen LogP contribution < -0.4 is 26.6 Å². The van der Waals surface area contributed by atoms with E-state index in [9.17, 15) is 0 Å². The number of rotatable bonds is 4. The average molecular weight is 426 g/mol. The van der Waals surface area contributed by atoms with E-state index in [0.717, 1.165) is 32.4 Å². The van der Waals surface area contributed by atoms with E-state index in [1.807, 2.05) is 7.05 Å². The Kier molecular flexibility index (Phi) is 7.54. The minimum Gasteiger partial charge on any atom is -0.377 e. The van der Waals surface area contributed by atoms with Crippen molar-refractivity contribution >= 4 is 11.6 Å². The second-order valence-corrected chi connectivity index (χ2v) is 10.1. The lowest BCUT2D eigenvalue weighted by Crippen LogP contribution is -2.69. The molecule has 166 valence electrons. The Balaban J connectivity index is 1.50. The van der Waals surface area contributed by atoms with Crippen molar-refractivity contribution in [1.29, 1.82) is 0 Å². The van der Waals surface area contributed by atoms with Crippen molar-refractivity contribution in [2.75, 3.05) is 20.2 Å². The van der Waals surface area contributed by atoms with Crippen molar-refractivity contribution in [2.24, 2.45) is 11.8 Å². The smallest absolute Gasteiger partial charge is 0.113 e. The van der Waals surface area contributed by atoms with Crippen LogP contribution in [0.25, 0.3) is 0 Å². The standard InChI is InChI=1S/C22H40ClN5O/c1-13-6-7-15(8-9-25-13)19-20(23)17(12-16-5-4-10-29-21(16)19)27-22-26-14(2)11-18(24-3)28-22/h8,13-14,16-22,24-28H,4-7,9-12H2,1-3H3/t13-,14?,16?,17?,18?,19?,20?,21?,22?/m0/s1. The molecule has 6 nitrogen and oxygen atoms in total. The van der Waals surface area contributed by atoms with Gasteiger partial charge >= 0.3 is 0 Å². The molecule has 3 aliphatic heterocycles. The first-order chi connectivity index (χ1) is 14.0. The number of halogens is 1. The molecule has 9 atom stereocenters. The van der Waals surface area contributed by atoms with Gasteiger partial charge in [-0.1, -0.05) is 11.6 Å². The Morgan fingerprint density at radius 3 is 2.83 bits per heavy atom. The van der Waals surface area contributed by atoms with E-state index in [1.54, 1.807) is 0 Å². The predicted molar refractivity (Wildman–Crippen MR) is 119 cm³/mol. The SMILES string of the molecule is CNC1CC(C)NC(NC2CC3CCCOC3C(C3=CCN[C@@H](C)CC3)C2Cl)N1. The third-order valence-electron chi connectivity index (χ3n) is 7.39. The van der Waals surface area contributed by atoms with Crippen LogP contribution >= 0.6 is 11.6 Å². The summed E-state index contributed by atoms with van der Waals surface area (Å²) in [7, 11) is 2.02. The zero-order valence-corrected chi connectivity index (χ0v) is 19.0.